The Balaban J connectivity index is 2.62. The molecular formula is C16H18ClNO6. The number of nitro benzene ring substituents is 1. The van der Waals surface area contributed by atoms with Crippen LogP contribution in [0.1, 0.15) is 61.4 Å². The molecule has 24 heavy (non-hydrogen) atoms. The zero-order valence-corrected chi connectivity index (χ0v) is 13.9. The number of nitrogens with zero attached hydrogens (tertiary/aromatic N) is 1. The number of benzene rings is 1. The van der Waals surface area contributed by atoms with Crippen LogP contribution in [0, 0.1) is 10.1 Å². The highest BCUT2D eigenvalue weighted by molar-refractivity contribution is 6.29. The number of hydrogen-bond donors (Lipinski definition) is 1. The predicted molar refractivity (Wildman–Crippen MR) is 86.5 cm³/mol. The Morgan fingerprint density at radius 1 is 1.33 bits per heavy atom. The van der Waals surface area contributed by atoms with E-state index in [0.717, 1.165) is 32.1 Å². The van der Waals surface area contributed by atoms with Gasteiger partial charge in [-0.3, -0.25) is 19.7 Å². The summed E-state index contributed by atoms with van der Waals surface area (Å²) in [6, 6.07) is 2.49. The number of alkyl halides is 1. The van der Waals surface area contributed by atoms with Gasteiger partial charge in [0, 0.05) is 13.0 Å². The highest BCUT2D eigenvalue weighted by Gasteiger charge is 2.31. The van der Waals surface area contributed by atoms with Crippen molar-refractivity contribution in [3.63, 3.8) is 0 Å². The van der Waals surface area contributed by atoms with Crippen LogP contribution in [-0.2, 0) is 9.59 Å². The molecule has 1 atom stereocenters. The largest absolute Gasteiger partial charge is 0.480 e. The van der Waals surface area contributed by atoms with E-state index in [0.29, 0.717) is 5.56 Å². The van der Waals surface area contributed by atoms with E-state index in [1.165, 1.54) is 19.1 Å². The molecule has 1 aromatic rings. The quantitative estimate of drug-likeness (QED) is 0.282. The van der Waals surface area contributed by atoms with Gasteiger partial charge in [-0.1, -0.05) is 19.3 Å². The number of ether oxygens (including phenoxy) is 1. The lowest BCUT2D eigenvalue weighted by Gasteiger charge is -2.24. The Labute approximate surface area is 143 Å². The maximum Gasteiger partial charge on any atom is 0.326 e. The summed E-state index contributed by atoms with van der Waals surface area (Å²) in [4.78, 5) is 33.4. The maximum absolute atomic E-state index is 11.5. The Kier molecular flexibility index (Phi) is 5.77. The number of hydrogen-bond acceptors (Lipinski definition) is 5. The van der Waals surface area contributed by atoms with Crippen molar-refractivity contribution < 1.29 is 24.4 Å². The number of carbonyl (C=O) groups excluding carboxylic acids is 1. The highest BCUT2D eigenvalue weighted by atomic mass is 35.5. The molecule has 8 heteroatoms. The van der Waals surface area contributed by atoms with Gasteiger partial charge in [0.05, 0.1) is 10.5 Å². The monoisotopic (exact) mass is 355 g/mol. The van der Waals surface area contributed by atoms with E-state index in [4.69, 9.17) is 21.4 Å². The average Bonchev–Trinajstić information content (AvgIpc) is 2.53. The van der Waals surface area contributed by atoms with E-state index in [9.17, 15) is 19.7 Å². The van der Waals surface area contributed by atoms with Crippen LogP contribution in [0.3, 0.4) is 0 Å². The van der Waals surface area contributed by atoms with Crippen LogP contribution in [0.4, 0.5) is 5.69 Å². The van der Waals surface area contributed by atoms with Crippen molar-refractivity contribution >= 4 is 29.2 Å². The zero-order valence-electron chi connectivity index (χ0n) is 13.2. The van der Waals surface area contributed by atoms with Crippen LogP contribution >= 0.6 is 11.6 Å². The second kappa shape index (κ2) is 7.61. The maximum atomic E-state index is 11.5. The number of rotatable bonds is 5. The van der Waals surface area contributed by atoms with Crippen LogP contribution in [0.5, 0.6) is 5.75 Å². The highest BCUT2D eigenvalue weighted by Crippen LogP contribution is 2.44. The predicted octanol–water partition coefficient (Wildman–Crippen LogP) is 3.93. The van der Waals surface area contributed by atoms with Gasteiger partial charge in [0.25, 0.3) is 5.69 Å². The topological polar surface area (TPSA) is 107 Å². The third-order valence-electron chi connectivity index (χ3n) is 4.12. The summed E-state index contributed by atoms with van der Waals surface area (Å²) < 4.78 is 5.17. The molecule has 1 fully saturated rings. The van der Waals surface area contributed by atoms with Gasteiger partial charge in [0.1, 0.15) is 5.75 Å². The Hall–Kier alpha value is -2.15. The fraction of sp³-hybridized carbons (Fsp3) is 0.500. The fourth-order valence-corrected chi connectivity index (χ4v) is 3.24. The molecular weight excluding hydrogens is 338 g/mol. The number of carboxylic acid groups (broad SMARTS) is 1. The van der Waals surface area contributed by atoms with Crippen molar-refractivity contribution in [2.75, 3.05) is 0 Å². The second-order valence-electron chi connectivity index (χ2n) is 5.84. The molecule has 0 spiro atoms. The number of nitro groups is 1. The molecule has 1 saturated carbocycles. The first-order chi connectivity index (χ1) is 11.3. The van der Waals surface area contributed by atoms with E-state index < -0.39 is 22.2 Å². The van der Waals surface area contributed by atoms with Gasteiger partial charge in [-0.15, -0.1) is 11.6 Å². The van der Waals surface area contributed by atoms with Crippen molar-refractivity contribution in [2.24, 2.45) is 0 Å². The van der Waals surface area contributed by atoms with Gasteiger partial charge >= 0.3 is 11.9 Å². The summed E-state index contributed by atoms with van der Waals surface area (Å²) in [6.45, 7) is 1.19. The van der Waals surface area contributed by atoms with E-state index in [-0.39, 0.29) is 22.9 Å². The summed E-state index contributed by atoms with van der Waals surface area (Å²) in [5.41, 5.74) is 0.127. The molecule has 0 amide bonds. The molecule has 0 saturated heterocycles. The Bertz CT molecular complexity index is 669. The minimum Gasteiger partial charge on any atom is -0.480 e. The molecule has 1 aliphatic carbocycles. The van der Waals surface area contributed by atoms with Gasteiger partial charge in [-0.2, -0.15) is 0 Å². The van der Waals surface area contributed by atoms with Crippen LogP contribution in [0.15, 0.2) is 12.1 Å². The van der Waals surface area contributed by atoms with Crippen molar-refractivity contribution in [2.45, 2.75) is 50.3 Å². The molecule has 0 aromatic heterocycles. The van der Waals surface area contributed by atoms with E-state index in [2.05, 4.69) is 0 Å². The molecule has 130 valence electrons. The third kappa shape index (κ3) is 4.03. The van der Waals surface area contributed by atoms with Crippen LogP contribution < -0.4 is 4.74 Å². The van der Waals surface area contributed by atoms with Gasteiger partial charge < -0.3 is 9.84 Å². The van der Waals surface area contributed by atoms with E-state index in [1.54, 1.807) is 0 Å². The number of aliphatic carboxylic acids is 1. The number of carboxylic acids is 1. The number of carbonyl (C=O) groups is 2. The van der Waals surface area contributed by atoms with Gasteiger partial charge in [0.2, 0.25) is 0 Å². The van der Waals surface area contributed by atoms with Crippen LogP contribution in [0.25, 0.3) is 0 Å². The summed E-state index contributed by atoms with van der Waals surface area (Å²) in [5, 5.41) is 19.1. The summed E-state index contributed by atoms with van der Waals surface area (Å²) in [5.74, 6) is -2.02. The normalized spacial score (nSPS) is 16.4. The molecule has 1 aliphatic rings. The lowest BCUT2D eigenvalue weighted by atomic mass is 9.82. The molecule has 7 nitrogen and oxygen atoms in total. The summed E-state index contributed by atoms with van der Waals surface area (Å²) in [6.07, 6.45) is 4.47. The van der Waals surface area contributed by atoms with Crippen LogP contribution in [-0.4, -0.2) is 22.0 Å². The van der Waals surface area contributed by atoms with Crippen molar-refractivity contribution in [1.82, 2.24) is 0 Å². The Morgan fingerprint density at radius 3 is 2.46 bits per heavy atom. The summed E-state index contributed by atoms with van der Waals surface area (Å²) >= 11 is 5.80. The zero-order chi connectivity index (χ0) is 17.9. The SMILES string of the molecule is CC(=O)Oc1cc(C(Cl)C(=O)O)cc([N+](=O)[O-])c1C1CCCCC1. The molecule has 0 bridgehead atoms. The first-order valence-corrected chi connectivity index (χ1v) is 8.12. The fourth-order valence-electron chi connectivity index (χ4n) is 3.11. The first kappa shape index (κ1) is 18.2. The minimum atomic E-state index is -1.46. The minimum absolute atomic E-state index is 0.0201. The molecule has 2 rings (SSSR count). The van der Waals surface area contributed by atoms with Crippen molar-refractivity contribution in [3.05, 3.63) is 33.4 Å². The lowest BCUT2D eigenvalue weighted by molar-refractivity contribution is -0.385. The average molecular weight is 356 g/mol. The molecule has 1 unspecified atom stereocenters. The van der Waals surface area contributed by atoms with Crippen LogP contribution in [0.2, 0.25) is 0 Å². The first-order valence-electron chi connectivity index (χ1n) is 7.68. The van der Waals surface area contributed by atoms with E-state index in [1.807, 2.05) is 0 Å². The Morgan fingerprint density at radius 2 is 1.96 bits per heavy atom. The molecule has 1 N–H and O–H groups in total. The van der Waals surface area contributed by atoms with Crippen molar-refractivity contribution in [1.29, 1.82) is 0 Å². The summed E-state index contributed by atoms with van der Waals surface area (Å²) in [7, 11) is 0. The van der Waals surface area contributed by atoms with Crippen molar-refractivity contribution in [3.8, 4) is 5.75 Å². The standard InChI is InChI=1S/C16H18ClNO6/c1-9(19)24-13-8-11(15(17)16(20)21)7-12(18(22)23)14(13)10-5-3-2-4-6-10/h7-8,10,15H,2-6H2,1H3,(H,20,21). The van der Waals surface area contributed by atoms with Gasteiger partial charge in [-0.05, 0) is 30.4 Å². The number of esters is 1. The van der Waals surface area contributed by atoms with Gasteiger partial charge in [0.15, 0.2) is 5.38 Å². The molecule has 1 aromatic carbocycles. The molecule has 0 aliphatic heterocycles. The second-order valence-corrected chi connectivity index (χ2v) is 6.27. The van der Waals surface area contributed by atoms with Gasteiger partial charge in [-0.25, -0.2) is 0 Å². The third-order valence-corrected chi connectivity index (χ3v) is 4.55. The molecule has 0 heterocycles. The smallest absolute Gasteiger partial charge is 0.326 e. The molecule has 0 radical (unpaired) electrons. The van der Waals surface area contributed by atoms with E-state index >= 15 is 0 Å². The number of halogens is 1. The lowest BCUT2D eigenvalue weighted by Crippen LogP contribution is -2.14.